The maximum atomic E-state index is 13.7. The zero-order valence-electron chi connectivity index (χ0n) is 13.9. The quantitative estimate of drug-likeness (QED) is 0.727. The summed E-state index contributed by atoms with van der Waals surface area (Å²) in [5.74, 6) is -0.654. The molecule has 0 radical (unpaired) electrons. The predicted octanol–water partition coefficient (Wildman–Crippen LogP) is 3.42. The van der Waals surface area contributed by atoms with Gasteiger partial charge in [0, 0.05) is 18.7 Å². The molecule has 0 aliphatic carbocycles. The van der Waals surface area contributed by atoms with Crippen molar-refractivity contribution >= 4 is 27.9 Å². The van der Waals surface area contributed by atoms with Gasteiger partial charge in [0.05, 0.1) is 16.6 Å². The fraction of sp³-hybridized carbons (Fsp3) is 0.529. The SMILES string of the molecule is CC(C)(C)OC(=O)N1CC2CC1CN2C(=O)c1ccc(Br)c(F)c1. The van der Waals surface area contributed by atoms with Gasteiger partial charge in [-0.15, -0.1) is 0 Å². The summed E-state index contributed by atoms with van der Waals surface area (Å²) in [6.45, 7) is 6.41. The van der Waals surface area contributed by atoms with E-state index in [-0.39, 0.29) is 24.1 Å². The Morgan fingerprint density at radius 3 is 2.38 bits per heavy atom. The van der Waals surface area contributed by atoms with Gasteiger partial charge in [0.15, 0.2) is 0 Å². The number of piperazine rings is 1. The summed E-state index contributed by atoms with van der Waals surface area (Å²) in [5, 5.41) is 0. The number of benzene rings is 1. The van der Waals surface area contributed by atoms with Gasteiger partial charge >= 0.3 is 6.09 Å². The molecule has 2 fully saturated rings. The highest BCUT2D eigenvalue weighted by Gasteiger charge is 2.48. The summed E-state index contributed by atoms with van der Waals surface area (Å²) in [6.07, 6.45) is 0.404. The van der Waals surface area contributed by atoms with Gasteiger partial charge in [0.1, 0.15) is 11.4 Å². The first-order valence-electron chi connectivity index (χ1n) is 7.91. The van der Waals surface area contributed by atoms with E-state index in [1.165, 1.54) is 12.1 Å². The smallest absolute Gasteiger partial charge is 0.410 e. The molecule has 24 heavy (non-hydrogen) atoms. The molecule has 0 spiro atoms. The maximum absolute atomic E-state index is 13.7. The van der Waals surface area contributed by atoms with Gasteiger partial charge in [0.25, 0.3) is 5.91 Å². The number of likely N-dealkylation sites (tertiary alicyclic amines) is 2. The number of fused-ring (bicyclic) bond motifs is 2. The van der Waals surface area contributed by atoms with Crippen LogP contribution in [0.4, 0.5) is 9.18 Å². The van der Waals surface area contributed by atoms with Crippen LogP contribution in [0.2, 0.25) is 0 Å². The Kier molecular flexibility index (Phi) is 4.32. The van der Waals surface area contributed by atoms with Crippen molar-refractivity contribution in [1.29, 1.82) is 0 Å². The number of hydrogen-bond donors (Lipinski definition) is 0. The van der Waals surface area contributed by atoms with Crippen LogP contribution in [0.25, 0.3) is 0 Å². The van der Waals surface area contributed by atoms with Crippen LogP contribution in [-0.4, -0.2) is 52.6 Å². The number of amides is 2. The van der Waals surface area contributed by atoms with Crippen molar-refractivity contribution in [2.75, 3.05) is 13.1 Å². The Hall–Kier alpha value is -1.63. The molecular weight excluding hydrogens is 379 g/mol. The lowest BCUT2D eigenvalue weighted by molar-refractivity contribution is 0.0126. The molecule has 2 atom stereocenters. The van der Waals surface area contributed by atoms with Crippen molar-refractivity contribution in [3.63, 3.8) is 0 Å². The second-order valence-electron chi connectivity index (χ2n) is 7.26. The highest BCUT2D eigenvalue weighted by Crippen LogP contribution is 2.33. The van der Waals surface area contributed by atoms with Crippen molar-refractivity contribution < 1.29 is 18.7 Å². The second-order valence-corrected chi connectivity index (χ2v) is 8.12. The fourth-order valence-corrected chi connectivity index (χ4v) is 3.50. The summed E-state index contributed by atoms with van der Waals surface area (Å²) in [7, 11) is 0. The molecule has 2 amide bonds. The number of nitrogens with zero attached hydrogens (tertiary/aromatic N) is 2. The third kappa shape index (κ3) is 3.27. The van der Waals surface area contributed by atoms with E-state index in [0.29, 0.717) is 23.1 Å². The van der Waals surface area contributed by atoms with Gasteiger partial charge in [0.2, 0.25) is 0 Å². The first-order chi connectivity index (χ1) is 11.2. The van der Waals surface area contributed by atoms with E-state index in [2.05, 4.69) is 15.9 Å². The Labute approximate surface area is 148 Å². The zero-order chi connectivity index (χ0) is 17.6. The molecule has 3 rings (SSSR count). The first kappa shape index (κ1) is 17.2. The van der Waals surface area contributed by atoms with E-state index in [1.54, 1.807) is 15.9 Å². The first-order valence-corrected chi connectivity index (χ1v) is 8.70. The van der Waals surface area contributed by atoms with Gasteiger partial charge < -0.3 is 14.5 Å². The number of carbonyl (C=O) groups is 2. The van der Waals surface area contributed by atoms with Gasteiger partial charge in [-0.05, 0) is 61.3 Å². The maximum Gasteiger partial charge on any atom is 0.410 e. The normalized spacial score (nSPS) is 22.9. The summed E-state index contributed by atoms with van der Waals surface area (Å²) in [6, 6.07) is 4.30. The molecule has 5 nitrogen and oxygen atoms in total. The van der Waals surface area contributed by atoms with Gasteiger partial charge in [-0.3, -0.25) is 4.79 Å². The Morgan fingerprint density at radius 2 is 1.83 bits per heavy atom. The predicted molar refractivity (Wildman–Crippen MR) is 90.3 cm³/mol. The average molecular weight is 399 g/mol. The summed E-state index contributed by atoms with van der Waals surface area (Å²) < 4.78 is 19.4. The monoisotopic (exact) mass is 398 g/mol. The largest absolute Gasteiger partial charge is 0.444 e. The molecule has 1 aromatic carbocycles. The average Bonchev–Trinajstić information content (AvgIpc) is 3.07. The molecule has 2 heterocycles. The Morgan fingerprint density at radius 1 is 1.21 bits per heavy atom. The van der Waals surface area contributed by atoms with E-state index < -0.39 is 11.4 Å². The molecule has 2 aliphatic heterocycles. The molecule has 0 N–H and O–H groups in total. The fourth-order valence-electron chi connectivity index (χ4n) is 3.25. The molecule has 2 unspecified atom stereocenters. The summed E-state index contributed by atoms with van der Waals surface area (Å²) >= 11 is 3.08. The molecule has 0 aromatic heterocycles. The minimum atomic E-state index is -0.538. The lowest BCUT2D eigenvalue weighted by atomic mass is 10.1. The van der Waals surface area contributed by atoms with Crippen LogP contribution in [0.15, 0.2) is 22.7 Å². The standard InChI is InChI=1S/C17H20BrFN2O3/c1-17(2,3)24-16(23)21-9-11-7-12(21)8-20(11)15(22)10-4-5-13(18)14(19)6-10/h4-6,11-12H,7-9H2,1-3H3. The third-order valence-electron chi connectivity index (χ3n) is 4.30. The number of rotatable bonds is 1. The second kappa shape index (κ2) is 6.02. The lowest BCUT2D eigenvalue weighted by Gasteiger charge is -2.35. The highest BCUT2D eigenvalue weighted by molar-refractivity contribution is 9.10. The minimum absolute atomic E-state index is 0.0332. The number of ether oxygens (including phenoxy) is 1. The lowest BCUT2D eigenvalue weighted by Crippen LogP contribution is -2.51. The topological polar surface area (TPSA) is 49.9 Å². The van der Waals surface area contributed by atoms with Crippen molar-refractivity contribution in [1.82, 2.24) is 9.80 Å². The summed E-state index contributed by atoms with van der Waals surface area (Å²) in [5.41, 5.74) is -0.212. The van der Waals surface area contributed by atoms with Crippen LogP contribution in [0.1, 0.15) is 37.6 Å². The molecular formula is C17H20BrFN2O3. The van der Waals surface area contributed by atoms with Crippen LogP contribution >= 0.6 is 15.9 Å². The van der Waals surface area contributed by atoms with Gasteiger partial charge in [-0.2, -0.15) is 0 Å². The summed E-state index contributed by atoms with van der Waals surface area (Å²) in [4.78, 5) is 28.3. The van der Waals surface area contributed by atoms with E-state index in [0.717, 1.165) is 6.42 Å². The van der Waals surface area contributed by atoms with E-state index >= 15 is 0 Å². The molecule has 2 aliphatic rings. The third-order valence-corrected chi connectivity index (χ3v) is 4.94. The molecule has 7 heteroatoms. The van der Waals surface area contributed by atoms with Crippen LogP contribution < -0.4 is 0 Å². The number of halogens is 2. The van der Waals surface area contributed by atoms with Gasteiger partial charge in [-0.1, -0.05) is 0 Å². The van der Waals surface area contributed by atoms with Crippen molar-refractivity contribution in [3.05, 3.63) is 34.1 Å². The van der Waals surface area contributed by atoms with Crippen molar-refractivity contribution in [3.8, 4) is 0 Å². The highest BCUT2D eigenvalue weighted by atomic mass is 79.9. The molecule has 0 saturated carbocycles. The van der Waals surface area contributed by atoms with E-state index in [1.807, 2.05) is 20.8 Å². The van der Waals surface area contributed by atoms with Crippen molar-refractivity contribution in [2.24, 2.45) is 0 Å². The minimum Gasteiger partial charge on any atom is -0.444 e. The Bertz CT molecular complexity index is 689. The van der Waals surface area contributed by atoms with Gasteiger partial charge in [-0.25, -0.2) is 9.18 Å². The van der Waals surface area contributed by atoms with Crippen LogP contribution in [0.5, 0.6) is 0 Å². The van der Waals surface area contributed by atoms with E-state index in [9.17, 15) is 14.0 Å². The zero-order valence-corrected chi connectivity index (χ0v) is 15.5. The van der Waals surface area contributed by atoms with E-state index in [4.69, 9.17) is 4.74 Å². The molecule has 1 aromatic rings. The van der Waals surface area contributed by atoms with Crippen LogP contribution in [-0.2, 0) is 4.74 Å². The van der Waals surface area contributed by atoms with Crippen LogP contribution in [0.3, 0.4) is 0 Å². The molecule has 2 bridgehead atoms. The molecule has 130 valence electrons. The Balaban J connectivity index is 1.68. The van der Waals surface area contributed by atoms with Crippen molar-refractivity contribution in [2.45, 2.75) is 44.9 Å². The molecule has 2 saturated heterocycles. The number of carbonyl (C=O) groups excluding carboxylic acids is 2. The number of hydrogen-bond acceptors (Lipinski definition) is 3. The van der Waals surface area contributed by atoms with Crippen LogP contribution in [0, 0.1) is 5.82 Å².